The number of benzene rings is 1. The van der Waals surface area contributed by atoms with Crippen LogP contribution in [-0.2, 0) is 4.79 Å². The van der Waals surface area contributed by atoms with Crippen LogP contribution in [0.25, 0.3) is 0 Å². The Hall–Kier alpha value is -1.23. The number of allylic oxidation sites excluding steroid dienone is 3. The van der Waals surface area contributed by atoms with E-state index in [1.54, 1.807) is 18.2 Å². The highest BCUT2D eigenvalue weighted by molar-refractivity contribution is 14.1. The first-order valence-electron chi connectivity index (χ1n) is 5.82. The van der Waals surface area contributed by atoms with Crippen LogP contribution in [0.15, 0.2) is 48.1 Å². The smallest absolute Gasteiger partial charge is 0.196 e. The molecule has 1 aliphatic rings. The average molecular weight is 352 g/mol. The number of Topliss-reactive ketones (excluding diaryl/α,β-unsaturated/α-hetero) is 2. The summed E-state index contributed by atoms with van der Waals surface area (Å²) in [5.74, 6) is -0.231. The summed E-state index contributed by atoms with van der Waals surface area (Å²) < 4.78 is 1.07. The summed E-state index contributed by atoms with van der Waals surface area (Å²) >= 11 is 2.18. The first-order valence-corrected chi connectivity index (χ1v) is 6.90. The molecule has 0 fully saturated rings. The van der Waals surface area contributed by atoms with Gasteiger partial charge in [-0.15, -0.1) is 0 Å². The highest BCUT2D eigenvalue weighted by atomic mass is 127. The summed E-state index contributed by atoms with van der Waals surface area (Å²) in [6.45, 7) is 3.70. The van der Waals surface area contributed by atoms with Crippen molar-refractivity contribution in [1.82, 2.24) is 0 Å². The molecule has 0 saturated heterocycles. The van der Waals surface area contributed by atoms with Gasteiger partial charge in [0, 0.05) is 15.6 Å². The highest BCUT2D eigenvalue weighted by Crippen LogP contribution is 2.25. The quantitative estimate of drug-likeness (QED) is 0.472. The van der Waals surface area contributed by atoms with Gasteiger partial charge in [-0.3, -0.25) is 9.59 Å². The lowest BCUT2D eigenvalue weighted by Crippen LogP contribution is -2.19. The maximum atomic E-state index is 12.4. The zero-order chi connectivity index (χ0) is 13.1. The van der Waals surface area contributed by atoms with Gasteiger partial charge in [0.2, 0.25) is 0 Å². The van der Waals surface area contributed by atoms with Crippen molar-refractivity contribution in [1.29, 1.82) is 0 Å². The van der Waals surface area contributed by atoms with Gasteiger partial charge < -0.3 is 0 Å². The van der Waals surface area contributed by atoms with Crippen LogP contribution in [0.3, 0.4) is 0 Å². The molecule has 0 aliphatic heterocycles. The van der Waals surface area contributed by atoms with Crippen molar-refractivity contribution >= 4 is 34.2 Å². The Morgan fingerprint density at radius 3 is 2.50 bits per heavy atom. The number of halogens is 1. The van der Waals surface area contributed by atoms with Gasteiger partial charge in [-0.25, -0.2) is 0 Å². The third kappa shape index (κ3) is 2.61. The molecule has 1 aromatic carbocycles. The van der Waals surface area contributed by atoms with E-state index in [1.165, 1.54) is 0 Å². The van der Waals surface area contributed by atoms with Crippen molar-refractivity contribution in [2.45, 2.75) is 19.3 Å². The third-order valence-electron chi connectivity index (χ3n) is 3.03. The highest BCUT2D eigenvalue weighted by Gasteiger charge is 2.25. The van der Waals surface area contributed by atoms with E-state index in [0.29, 0.717) is 17.6 Å². The SMILES string of the molecule is C=CC1=C(C(=O)c2ccc(I)cc2)C(=O)CCC1. The number of carbonyl (C=O) groups is 2. The Balaban J connectivity index is 2.43. The molecule has 0 spiro atoms. The zero-order valence-electron chi connectivity index (χ0n) is 9.91. The topological polar surface area (TPSA) is 34.1 Å². The minimum Gasteiger partial charge on any atom is -0.294 e. The largest absolute Gasteiger partial charge is 0.294 e. The Morgan fingerprint density at radius 2 is 1.89 bits per heavy atom. The van der Waals surface area contributed by atoms with Crippen LogP contribution in [0.4, 0.5) is 0 Å². The van der Waals surface area contributed by atoms with E-state index >= 15 is 0 Å². The molecule has 2 rings (SSSR count). The van der Waals surface area contributed by atoms with Crippen LogP contribution < -0.4 is 0 Å². The third-order valence-corrected chi connectivity index (χ3v) is 3.75. The molecule has 0 amide bonds. The molecule has 92 valence electrons. The molecule has 1 aliphatic carbocycles. The molecule has 0 unspecified atom stereocenters. The van der Waals surface area contributed by atoms with Crippen LogP contribution in [0.5, 0.6) is 0 Å². The van der Waals surface area contributed by atoms with Crippen molar-refractivity contribution in [3.05, 3.63) is 57.2 Å². The second kappa shape index (κ2) is 5.61. The number of rotatable bonds is 3. The number of hydrogen-bond acceptors (Lipinski definition) is 2. The van der Waals surface area contributed by atoms with E-state index in [1.807, 2.05) is 12.1 Å². The van der Waals surface area contributed by atoms with Crippen LogP contribution in [0.1, 0.15) is 29.6 Å². The second-order valence-corrected chi connectivity index (χ2v) is 5.46. The summed E-state index contributed by atoms with van der Waals surface area (Å²) in [5, 5.41) is 0. The van der Waals surface area contributed by atoms with E-state index in [9.17, 15) is 9.59 Å². The van der Waals surface area contributed by atoms with Gasteiger partial charge in [0.25, 0.3) is 0 Å². The molecule has 18 heavy (non-hydrogen) atoms. The number of ketones is 2. The Morgan fingerprint density at radius 1 is 1.22 bits per heavy atom. The Bertz CT molecular complexity index is 538. The summed E-state index contributed by atoms with van der Waals surface area (Å²) in [4.78, 5) is 24.3. The molecule has 0 N–H and O–H groups in total. The lowest BCUT2D eigenvalue weighted by atomic mass is 9.86. The fourth-order valence-electron chi connectivity index (χ4n) is 2.09. The van der Waals surface area contributed by atoms with Crippen molar-refractivity contribution in [2.24, 2.45) is 0 Å². The first-order chi connectivity index (χ1) is 8.63. The Kier molecular flexibility index (Phi) is 4.11. The minimum atomic E-state index is -0.175. The normalized spacial score (nSPS) is 15.7. The van der Waals surface area contributed by atoms with Gasteiger partial charge >= 0.3 is 0 Å². The van der Waals surface area contributed by atoms with Crippen LogP contribution in [0.2, 0.25) is 0 Å². The van der Waals surface area contributed by atoms with Crippen molar-refractivity contribution in [2.75, 3.05) is 0 Å². The molecule has 0 bridgehead atoms. The van der Waals surface area contributed by atoms with Crippen molar-refractivity contribution in [3.8, 4) is 0 Å². The zero-order valence-corrected chi connectivity index (χ0v) is 12.1. The summed E-state index contributed by atoms with van der Waals surface area (Å²) in [6, 6.07) is 7.27. The second-order valence-electron chi connectivity index (χ2n) is 4.22. The molecule has 1 aromatic rings. The molecular formula is C15H13IO2. The van der Waals surface area contributed by atoms with E-state index in [2.05, 4.69) is 29.2 Å². The van der Waals surface area contributed by atoms with E-state index in [4.69, 9.17) is 0 Å². The maximum absolute atomic E-state index is 12.4. The standard InChI is InChI=1S/C15H13IO2/c1-2-10-4-3-5-13(17)14(10)15(18)11-6-8-12(16)9-7-11/h2,6-9H,1,3-5H2. The van der Waals surface area contributed by atoms with E-state index < -0.39 is 0 Å². The predicted molar refractivity (Wildman–Crippen MR) is 79.6 cm³/mol. The predicted octanol–water partition coefficient (Wildman–Crippen LogP) is 3.71. The minimum absolute atomic E-state index is 0.0558. The van der Waals surface area contributed by atoms with E-state index in [-0.39, 0.29) is 11.6 Å². The molecule has 2 nitrogen and oxygen atoms in total. The molecule has 0 heterocycles. The molecule has 0 aromatic heterocycles. The van der Waals surface area contributed by atoms with Gasteiger partial charge in [0.15, 0.2) is 11.6 Å². The molecule has 0 saturated carbocycles. The average Bonchev–Trinajstić information content (AvgIpc) is 2.38. The lowest BCUT2D eigenvalue weighted by molar-refractivity contribution is -0.115. The number of hydrogen-bond donors (Lipinski definition) is 0. The first kappa shape index (κ1) is 13.2. The van der Waals surface area contributed by atoms with Gasteiger partial charge in [0.05, 0.1) is 5.57 Å². The fourth-order valence-corrected chi connectivity index (χ4v) is 2.45. The summed E-state index contributed by atoms with van der Waals surface area (Å²) in [7, 11) is 0. The molecule has 3 heteroatoms. The maximum Gasteiger partial charge on any atom is 0.196 e. The van der Waals surface area contributed by atoms with Crippen molar-refractivity contribution in [3.63, 3.8) is 0 Å². The number of carbonyl (C=O) groups excluding carboxylic acids is 2. The molecule has 0 atom stereocenters. The van der Waals surface area contributed by atoms with Gasteiger partial charge in [-0.1, -0.05) is 12.7 Å². The molecule has 0 radical (unpaired) electrons. The van der Waals surface area contributed by atoms with Crippen LogP contribution in [0, 0.1) is 3.57 Å². The molecular weight excluding hydrogens is 339 g/mol. The van der Waals surface area contributed by atoms with Gasteiger partial charge in [0.1, 0.15) is 0 Å². The van der Waals surface area contributed by atoms with Crippen molar-refractivity contribution < 1.29 is 9.59 Å². The summed E-state index contributed by atoms with van der Waals surface area (Å²) in [6.07, 6.45) is 3.67. The van der Waals surface area contributed by atoms with Crippen LogP contribution in [-0.4, -0.2) is 11.6 Å². The van der Waals surface area contributed by atoms with Crippen LogP contribution >= 0.6 is 22.6 Å². The monoisotopic (exact) mass is 352 g/mol. The fraction of sp³-hybridized carbons (Fsp3) is 0.200. The lowest BCUT2D eigenvalue weighted by Gasteiger charge is -2.16. The van der Waals surface area contributed by atoms with E-state index in [0.717, 1.165) is 22.0 Å². The van der Waals surface area contributed by atoms with Gasteiger partial charge in [-0.2, -0.15) is 0 Å². The summed E-state index contributed by atoms with van der Waals surface area (Å²) in [5.41, 5.74) is 1.69. The van der Waals surface area contributed by atoms with Gasteiger partial charge in [-0.05, 0) is 65.3 Å². The Labute approximate surface area is 120 Å².